The number of amides is 1. The maximum absolute atomic E-state index is 11.8. The smallest absolute Gasteiger partial charge is 0.251 e. The van der Waals surface area contributed by atoms with E-state index in [-0.39, 0.29) is 5.91 Å². The molecule has 0 aromatic heterocycles. The molecule has 0 saturated heterocycles. The lowest BCUT2D eigenvalue weighted by Gasteiger charge is -2.08. The van der Waals surface area contributed by atoms with Crippen molar-refractivity contribution < 1.29 is 14.3 Å². The van der Waals surface area contributed by atoms with Gasteiger partial charge in [0.1, 0.15) is 0 Å². The summed E-state index contributed by atoms with van der Waals surface area (Å²) in [6, 6.07) is 7.56. The fraction of sp³-hybridized carbons (Fsp3) is 0.562. The van der Waals surface area contributed by atoms with Crippen molar-refractivity contribution in [2.75, 3.05) is 46.6 Å². The first-order valence-electron chi connectivity index (χ1n) is 7.36. The summed E-state index contributed by atoms with van der Waals surface area (Å²) in [4.78, 5) is 11.8. The molecule has 0 unspecified atom stereocenters. The standard InChI is InChI=1S/C16H26N2O3/c1-14-4-6-15(7-5-14)16(19)18-9-8-17-10-13-21-12-3-11-20-2/h4-7,17H,3,8-13H2,1-2H3,(H,18,19). The first-order valence-corrected chi connectivity index (χ1v) is 7.36. The molecule has 0 fully saturated rings. The third-order valence-electron chi connectivity index (χ3n) is 2.96. The number of carbonyl (C=O) groups excluding carboxylic acids is 1. The van der Waals surface area contributed by atoms with E-state index in [9.17, 15) is 4.79 Å². The quantitative estimate of drug-likeness (QED) is 0.605. The van der Waals surface area contributed by atoms with Crippen LogP contribution in [0.1, 0.15) is 22.3 Å². The normalized spacial score (nSPS) is 10.6. The summed E-state index contributed by atoms with van der Waals surface area (Å²) < 4.78 is 10.3. The Morgan fingerprint density at radius 2 is 1.81 bits per heavy atom. The first-order chi connectivity index (χ1) is 10.2. The van der Waals surface area contributed by atoms with Crippen LogP contribution >= 0.6 is 0 Å². The minimum Gasteiger partial charge on any atom is -0.385 e. The van der Waals surface area contributed by atoms with Gasteiger partial charge in [-0.3, -0.25) is 4.79 Å². The van der Waals surface area contributed by atoms with Gasteiger partial charge in [-0.2, -0.15) is 0 Å². The number of hydrogen-bond donors (Lipinski definition) is 2. The van der Waals surface area contributed by atoms with Crippen LogP contribution in [-0.4, -0.2) is 52.5 Å². The van der Waals surface area contributed by atoms with Gasteiger partial charge in [0, 0.05) is 45.5 Å². The van der Waals surface area contributed by atoms with Gasteiger partial charge in [0.05, 0.1) is 6.61 Å². The zero-order valence-corrected chi connectivity index (χ0v) is 13.0. The second kappa shape index (κ2) is 11.3. The van der Waals surface area contributed by atoms with Crippen molar-refractivity contribution in [2.45, 2.75) is 13.3 Å². The van der Waals surface area contributed by atoms with E-state index in [2.05, 4.69) is 10.6 Å². The van der Waals surface area contributed by atoms with Gasteiger partial charge >= 0.3 is 0 Å². The van der Waals surface area contributed by atoms with Crippen LogP contribution in [0.15, 0.2) is 24.3 Å². The van der Waals surface area contributed by atoms with Crippen molar-refractivity contribution in [3.63, 3.8) is 0 Å². The van der Waals surface area contributed by atoms with E-state index in [1.807, 2.05) is 31.2 Å². The number of hydrogen-bond acceptors (Lipinski definition) is 4. The highest BCUT2D eigenvalue weighted by Crippen LogP contribution is 2.02. The summed E-state index contributed by atoms with van der Waals surface area (Å²) in [7, 11) is 1.69. The van der Waals surface area contributed by atoms with Gasteiger partial charge in [0.2, 0.25) is 0 Å². The fourth-order valence-corrected chi connectivity index (χ4v) is 1.75. The van der Waals surface area contributed by atoms with Gasteiger partial charge in [-0.15, -0.1) is 0 Å². The van der Waals surface area contributed by atoms with E-state index in [0.717, 1.165) is 38.3 Å². The second-order valence-electron chi connectivity index (χ2n) is 4.83. The van der Waals surface area contributed by atoms with E-state index < -0.39 is 0 Å². The average Bonchev–Trinajstić information content (AvgIpc) is 2.49. The highest BCUT2D eigenvalue weighted by Gasteiger charge is 2.03. The number of aryl methyl sites for hydroxylation is 1. The zero-order chi connectivity index (χ0) is 15.3. The molecule has 5 nitrogen and oxygen atoms in total. The maximum atomic E-state index is 11.8. The van der Waals surface area contributed by atoms with Gasteiger partial charge in [-0.1, -0.05) is 17.7 Å². The molecule has 1 aromatic rings. The second-order valence-corrected chi connectivity index (χ2v) is 4.83. The molecule has 0 atom stereocenters. The first kappa shape index (κ1) is 17.6. The van der Waals surface area contributed by atoms with Gasteiger partial charge in [-0.05, 0) is 25.5 Å². The Labute approximate surface area is 127 Å². The predicted molar refractivity (Wildman–Crippen MR) is 83.7 cm³/mol. The molecule has 0 saturated carbocycles. The number of benzene rings is 1. The molecule has 0 aliphatic heterocycles. The molecule has 118 valence electrons. The van der Waals surface area contributed by atoms with Crippen molar-refractivity contribution in [3.8, 4) is 0 Å². The van der Waals surface area contributed by atoms with Crippen molar-refractivity contribution in [3.05, 3.63) is 35.4 Å². The Kier molecular flexibility index (Phi) is 9.44. The molecule has 0 bridgehead atoms. The van der Waals surface area contributed by atoms with Crippen LogP contribution in [-0.2, 0) is 9.47 Å². The van der Waals surface area contributed by atoms with Crippen LogP contribution in [0.4, 0.5) is 0 Å². The number of ether oxygens (including phenoxy) is 2. The summed E-state index contributed by atoms with van der Waals surface area (Å²) >= 11 is 0. The molecule has 2 N–H and O–H groups in total. The van der Waals surface area contributed by atoms with Crippen LogP contribution in [0, 0.1) is 6.92 Å². The summed E-state index contributed by atoms with van der Waals surface area (Å²) in [6.45, 7) is 6.26. The molecule has 0 spiro atoms. The lowest BCUT2D eigenvalue weighted by molar-refractivity contribution is 0.0952. The van der Waals surface area contributed by atoms with Crippen molar-refractivity contribution >= 4 is 5.91 Å². The molecular weight excluding hydrogens is 268 g/mol. The zero-order valence-electron chi connectivity index (χ0n) is 13.0. The Morgan fingerprint density at radius 1 is 1.05 bits per heavy atom. The Bertz CT molecular complexity index is 393. The molecule has 21 heavy (non-hydrogen) atoms. The molecular formula is C16H26N2O3. The SMILES string of the molecule is COCCCOCCNCCNC(=O)c1ccc(C)cc1. The van der Waals surface area contributed by atoms with Gasteiger partial charge in [-0.25, -0.2) is 0 Å². The van der Waals surface area contributed by atoms with Gasteiger partial charge in [0.15, 0.2) is 0 Å². The Hall–Kier alpha value is -1.43. The van der Waals surface area contributed by atoms with Crippen LogP contribution in [0.25, 0.3) is 0 Å². The minimum atomic E-state index is -0.0346. The largest absolute Gasteiger partial charge is 0.385 e. The third kappa shape index (κ3) is 8.45. The summed E-state index contributed by atoms with van der Waals surface area (Å²) in [6.07, 6.45) is 0.920. The number of nitrogens with one attached hydrogen (secondary N) is 2. The van der Waals surface area contributed by atoms with E-state index in [1.54, 1.807) is 7.11 Å². The molecule has 0 heterocycles. The summed E-state index contributed by atoms with van der Waals surface area (Å²) in [5.74, 6) is -0.0346. The third-order valence-corrected chi connectivity index (χ3v) is 2.96. The van der Waals surface area contributed by atoms with Crippen LogP contribution in [0.2, 0.25) is 0 Å². The highest BCUT2D eigenvalue weighted by atomic mass is 16.5. The van der Waals surface area contributed by atoms with Crippen molar-refractivity contribution in [1.82, 2.24) is 10.6 Å². The van der Waals surface area contributed by atoms with E-state index >= 15 is 0 Å². The van der Waals surface area contributed by atoms with E-state index in [1.165, 1.54) is 0 Å². The number of methoxy groups -OCH3 is 1. The molecule has 0 aliphatic rings. The minimum absolute atomic E-state index is 0.0346. The van der Waals surface area contributed by atoms with Gasteiger partial charge < -0.3 is 20.1 Å². The lowest BCUT2D eigenvalue weighted by Crippen LogP contribution is -2.33. The Balaban J connectivity index is 1.96. The molecule has 1 aromatic carbocycles. The summed E-state index contributed by atoms with van der Waals surface area (Å²) in [5.41, 5.74) is 1.85. The molecule has 1 rings (SSSR count). The molecule has 5 heteroatoms. The summed E-state index contributed by atoms with van der Waals surface area (Å²) in [5, 5.41) is 6.10. The fourth-order valence-electron chi connectivity index (χ4n) is 1.75. The van der Waals surface area contributed by atoms with E-state index in [0.29, 0.717) is 18.7 Å². The number of rotatable bonds is 11. The topological polar surface area (TPSA) is 59.6 Å². The maximum Gasteiger partial charge on any atom is 0.251 e. The van der Waals surface area contributed by atoms with E-state index in [4.69, 9.17) is 9.47 Å². The molecule has 0 radical (unpaired) electrons. The predicted octanol–water partition coefficient (Wildman–Crippen LogP) is 1.37. The monoisotopic (exact) mass is 294 g/mol. The molecule has 1 amide bonds. The van der Waals surface area contributed by atoms with Crippen LogP contribution < -0.4 is 10.6 Å². The number of carbonyl (C=O) groups is 1. The average molecular weight is 294 g/mol. The van der Waals surface area contributed by atoms with Gasteiger partial charge in [0.25, 0.3) is 5.91 Å². The van der Waals surface area contributed by atoms with Crippen molar-refractivity contribution in [2.24, 2.45) is 0 Å². The molecule has 0 aliphatic carbocycles. The Morgan fingerprint density at radius 3 is 2.52 bits per heavy atom. The van der Waals surface area contributed by atoms with Crippen LogP contribution in [0.3, 0.4) is 0 Å². The van der Waals surface area contributed by atoms with Crippen LogP contribution in [0.5, 0.6) is 0 Å². The lowest BCUT2D eigenvalue weighted by atomic mass is 10.1. The van der Waals surface area contributed by atoms with Crippen molar-refractivity contribution in [1.29, 1.82) is 0 Å². The highest BCUT2D eigenvalue weighted by molar-refractivity contribution is 5.94.